The topological polar surface area (TPSA) is 26.0 Å². The zero-order valence-electron chi connectivity index (χ0n) is 7.77. The predicted octanol–water partition coefficient (Wildman–Crippen LogP) is 2.75. The number of hydrogen-bond donors (Lipinski definition) is 1. The summed E-state index contributed by atoms with van der Waals surface area (Å²) in [6.45, 7) is 3.82. The van der Waals surface area contributed by atoms with Gasteiger partial charge in [0.15, 0.2) is 0 Å². The Bertz CT molecular complexity index is 285. The van der Waals surface area contributed by atoms with E-state index in [2.05, 4.69) is 0 Å². The van der Waals surface area contributed by atoms with Gasteiger partial charge in [-0.2, -0.15) is 0 Å². The third-order valence-corrected chi connectivity index (χ3v) is 1.78. The van der Waals surface area contributed by atoms with E-state index in [0.717, 1.165) is 12.1 Å². The summed E-state index contributed by atoms with van der Waals surface area (Å²) in [6, 6.07) is 2.31. The van der Waals surface area contributed by atoms with Crippen LogP contribution in [-0.4, -0.2) is 0 Å². The van der Waals surface area contributed by atoms with Crippen molar-refractivity contribution >= 4 is 5.69 Å². The zero-order valence-corrected chi connectivity index (χ0v) is 7.77. The highest BCUT2D eigenvalue weighted by Gasteiger charge is 2.11. The first-order valence-electron chi connectivity index (χ1n) is 4.24. The van der Waals surface area contributed by atoms with Crippen molar-refractivity contribution in [3.05, 3.63) is 29.3 Å². The van der Waals surface area contributed by atoms with Gasteiger partial charge >= 0.3 is 0 Å². The average Bonchev–Trinajstić information content (AvgIpc) is 1.96. The van der Waals surface area contributed by atoms with Crippen molar-refractivity contribution in [2.24, 2.45) is 5.92 Å². The molecule has 0 aliphatic heterocycles. The second kappa shape index (κ2) is 3.73. The van der Waals surface area contributed by atoms with Crippen molar-refractivity contribution < 1.29 is 8.78 Å². The predicted molar refractivity (Wildman–Crippen MR) is 49.3 cm³/mol. The van der Waals surface area contributed by atoms with Crippen molar-refractivity contribution in [2.75, 3.05) is 5.73 Å². The van der Waals surface area contributed by atoms with Crippen LogP contribution < -0.4 is 5.73 Å². The maximum absolute atomic E-state index is 13.2. The molecule has 0 radical (unpaired) electrons. The van der Waals surface area contributed by atoms with Crippen molar-refractivity contribution in [2.45, 2.75) is 20.3 Å². The molecule has 0 spiro atoms. The highest BCUT2D eigenvalue weighted by atomic mass is 19.1. The fourth-order valence-electron chi connectivity index (χ4n) is 1.23. The average molecular weight is 185 g/mol. The molecule has 0 unspecified atom stereocenters. The lowest BCUT2D eigenvalue weighted by Crippen LogP contribution is -2.02. The number of hydrogen-bond acceptors (Lipinski definition) is 1. The van der Waals surface area contributed by atoms with Gasteiger partial charge in [-0.1, -0.05) is 13.8 Å². The van der Waals surface area contributed by atoms with Crippen LogP contribution in [0, 0.1) is 17.6 Å². The van der Waals surface area contributed by atoms with Crippen LogP contribution in [-0.2, 0) is 6.42 Å². The van der Waals surface area contributed by atoms with Gasteiger partial charge in [-0.05, 0) is 24.5 Å². The van der Waals surface area contributed by atoms with Gasteiger partial charge in [0.25, 0.3) is 0 Å². The fourth-order valence-corrected chi connectivity index (χ4v) is 1.23. The minimum absolute atomic E-state index is 0.127. The van der Waals surface area contributed by atoms with Crippen molar-refractivity contribution in [1.82, 2.24) is 0 Å². The Morgan fingerprint density at radius 2 is 1.69 bits per heavy atom. The molecule has 13 heavy (non-hydrogen) atoms. The van der Waals surface area contributed by atoms with Crippen LogP contribution in [0.1, 0.15) is 19.4 Å². The number of nitrogen functional groups attached to an aromatic ring is 1. The quantitative estimate of drug-likeness (QED) is 0.704. The molecule has 0 aliphatic carbocycles. The van der Waals surface area contributed by atoms with E-state index in [0.29, 0.717) is 6.42 Å². The van der Waals surface area contributed by atoms with Crippen LogP contribution in [0.15, 0.2) is 12.1 Å². The Labute approximate surface area is 76.6 Å². The van der Waals surface area contributed by atoms with Crippen LogP contribution >= 0.6 is 0 Å². The third-order valence-electron chi connectivity index (χ3n) is 1.78. The molecule has 1 rings (SSSR count). The van der Waals surface area contributed by atoms with E-state index in [1.807, 2.05) is 13.8 Å². The van der Waals surface area contributed by atoms with Crippen LogP contribution in [0.5, 0.6) is 0 Å². The highest BCUT2D eigenvalue weighted by Crippen LogP contribution is 2.19. The number of anilines is 1. The Morgan fingerprint density at radius 1 is 1.23 bits per heavy atom. The number of halogens is 2. The third kappa shape index (κ3) is 2.41. The smallest absolute Gasteiger partial charge is 0.131 e. The molecule has 72 valence electrons. The summed E-state index contributed by atoms with van der Waals surface area (Å²) >= 11 is 0. The standard InChI is InChI=1S/C10H13F2N/c1-6(2)3-8-9(11)4-7(13)5-10(8)12/h4-6H,3,13H2,1-2H3. The minimum Gasteiger partial charge on any atom is -0.399 e. The molecule has 0 fully saturated rings. The van der Waals surface area contributed by atoms with Gasteiger partial charge in [-0.3, -0.25) is 0 Å². The van der Waals surface area contributed by atoms with Crippen molar-refractivity contribution in [1.29, 1.82) is 0 Å². The molecular weight excluding hydrogens is 172 g/mol. The molecule has 0 saturated carbocycles. The molecule has 0 amide bonds. The van der Waals surface area contributed by atoms with Crippen LogP contribution in [0.25, 0.3) is 0 Å². The SMILES string of the molecule is CC(C)Cc1c(F)cc(N)cc1F. The lowest BCUT2D eigenvalue weighted by molar-refractivity contribution is 0.526. The molecule has 0 atom stereocenters. The van der Waals surface area contributed by atoms with Gasteiger partial charge in [0.1, 0.15) is 11.6 Å². The summed E-state index contributed by atoms with van der Waals surface area (Å²) in [5.74, 6) is -0.870. The van der Waals surface area contributed by atoms with Crippen LogP contribution in [0.4, 0.5) is 14.5 Å². The summed E-state index contributed by atoms with van der Waals surface area (Å²) in [6.07, 6.45) is 0.401. The molecule has 0 aliphatic rings. The van der Waals surface area contributed by atoms with Gasteiger partial charge in [0, 0.05) is 11.3 Å². The number of benzene rings is 1. The molecular formula is C10H13F2N. The summed E-state index contributed by atoms with van der Waals surface area (Å²) < 4.78 is 26.3. The summed E-state index contributed by atoms with van der Waals surface area (Å²) in [4.78, 5) is 0. The molecule has 1 aromatic rings. The largest absolute Gasteiger partial charge is 0.399 e. The van der Waals surface area contributed by atoms with Crippen molar-refractivity contribution in [3.63, 3.8) is 0 Å². The lowest BCUT2D eigenvalue weighted by atomic mass is 10.0. The molecule has 0 aromatic heterocycles. The van der Waals surface area contributed by atoms with Gasteiger partial charge in [-0.15, -0.1) is 0 Å². The Hall–Kier alpha value is -1.12. The van der Waals surface area contributed by atoms with Gasteiger partial charge in [0.2, 0.25) is 0 Å². The normalized spacial score (nSPS) is 10.8. The van der Waals surface area contributed by atoms with E-state index in [4.69, 9.17) is 5.73 Å². The molecule has 2 N–H and O–H groups in total. The second-order valence-corrected chi connectivity index (χ2v) is 3.56. The van der Waals surface area contributed by atoms with E-state index in [9.17, 15) is 8.78 Å². The molecule has 0 bridgehead atoms. The zero-order chi connectivity index (χ0) is 10.0. The number of rotatable bonds is 2. The highest BCUT2D eigenvalue weighted by molar-refractivity contribution is 5.41. The summed E-state index contributed by atoms with van der Waals surface area (Å²) in [7, 11) is 0. The molecule has 3 heteroatoms. The Kier molecular flexibility index (Phi) is 2.86. The molecule has 1 nitrogen and oxygen atoms in total. The van der Waals surface area contributed by atoms with E-state index in [-0.39, 0.29) is 17.2 Å². The molecule has 0 saturated heterocycles. The maximum atomic E-state index is 13.2. The van der Waals surface area contributed by atoms with E-state index in [1.165, 1.54) is 0 Å². The maximum Gasteiger partial charge on any atom is 0.131 e. The van der Waals surface area contributed by atoms with E-state index in [1.54, 1.807) is 0 Å². The fraction of sp³-hybridized carbons (Fsp3) is 0.400. The summed E-state index contributed by atoms with van der Waals surface area (Å²) in [5.41, 5.74) is 5.54. The first-order chi connectivity index (χ1) is 6.00. The number of nitrogens with two attached hydrogens (primary N) is 1. The molecule has 0 heterocycles. The minimum atomic E-state index is -0.550. The van der Waals surface area contributed by atoms with Gasteiger partial charge < -0.3 is 5.73 Å². The second-order valence-electron chi connectivity index (χ2n) is 3.56. The lowest BCUT2D eigenvalue weighted by Gasteiger charge is -2.08. The Balaban J connectivity index is 3.06. The summed E-state index contributed by atoms with van der Waals surface area (Å²) in [5, 5.41) is 0. The van der Waals surface area contributed by atoms with E-state index < -0.39 is 11.6 Å². The van der Waals surface area contributed by atoms with Crippen molar-refractivity contribution in [3.8, 4) is 0 Å². The molecule has 1 aromatic carbocycles. The van der Waals surface area contributed by atoms with Crippen LogP contribution in [0.2, 0.25) is 0 Å². The monoisotopic (exact) mass is 185 g/mol. The van der Waals surface area contributed by atoms with E-state index >= 15 is 0 Å². The first kappa shape index (κ1) is 9.96. The Morgan fingerprint density at radius 3 is 2.08 bits per heavy atom. The first-order valence-corrected chi connectivity index (χ1v) is 4.24. The van der Waals surface area contributed by atoms with Gasteiger partial charge in [-0.25, -0.2) is 8.78 Å². The van der Waals surface area contributed by atoms with Crippen LogP contribution in [0.3, 0.4) is 0 Å². The van der Waals surface area contributed by atoms with Gasteiger partial charge in [0.05, 0.1) is 0 Å².